The Morgan fingerprint density at radius 1 is 1.08 bits per heavy atom. The molecule has 1 aromatic heterocycles. The number of amides is 3. The van der Waals surface area contributed by atoms with Crippen LogP contribution in [0.3, 0.4) is 0 Å². The molecule has 3 fully saturated rings. The number of ether oxygens (including phenoxy) is 4. The Kier molecular flexibility index (Phi) is 13.2. The summed E-state index contributed by atoms with van der Waals surface area (Å²) in [6.45, 7) is 9.36. The number of fused-ring (bicyclic) bond motifs is 2. The molecule has 1 aliphatic heterocycles. The molecule has 0 radical (unpaired) electrons. The van der Waals surface area contributed by atoms with E-state index in [1.165, 1.54) is 18.2 Å². The van der Waals surface area contributed by atoms with Gasteiger partial charge in [-0.2, -0.15) is 0 Å². The van der Waals surface area contributed by atoms with Crippen LogP contribution in [-0.2, 0) is 30.3 Å². The molecule has 1 saturated heterocycles. The highest BCUT2D eigenvalue weighted by Crippen LogP contribution is 2.49. The number of aryl methyl sites for hydroxylation is 1. The molecule has 2 bridgehead atoms. The van der Waals surface area contributed by atoms with Crippen LogP contribution in [0.15, 0.2) is 33.6 Å². The molecule has 12 nitrogen and oxygen atoms in total. The first-order valence-corrected chi connectivity index (χ1v) is 19.4. The monoisotopic (exact) mass is 769 g/mol. The van der Waals surface area contributed by atoms with Gasteiger partial charge in [-0.1, -0.05) is 44.2 Å². The Hall–Kier alpha value is -4.04. The van der Waals surface area contributed by atoms with E-state index in [1.54, 1.807) is 47.1 Å². The molecular formula is C39H51N3O9S2. The second kappa shape index (κ2) is 17.4. The summed E-state index contributed by atoms with van der Waals surface area (Å²) < 4.78 is 28.6. The topological polar surface area (TPSA) is 146 Å². The second-order valence-electron chi connectivity index (χ2n) is 15.3. The Labute approximate surface area is 321 Å². The molecular weight excluding hydrogens is 719 g/mol. The summed E-state index contributed by atoms with van der Waals surface area (Å²) in [6.07, 6.45) is 6.08. The summed E-state index contributed by atoms with van der Waals surface area (Å²) in [4.78, 5) is 54.5. The summed E-state index contributed by atoms with van der Waals surface area (Å²) in [5.74, 6) is 2.29. The zero-order valence-corrected chi connectivity index (χ0v) is 33.2. The molecule has 3 aliphatic rings. The second-order valence-corrected chi connectivity index (χ2v) is 16.9. The van der Waals surface area contributed by atoms with E-state index in [2.05, 4.69) is 10.6 Å². The predicted octanol–water partition coefficient (Wildman–Crippen LogP) is 6.89. The molecule has 2 N–H and O–H groups in total. The van der Waals surface area contributed by atoms with E-state index in [9.17, 15) is 19.2 Å². The van der Waals surface area contributed by atoms with Crippen molar-refractivity contribution in [1.82, 2.24) is 15.5 Å². The molecule has 2 aliphatic carbocycles. The van der Waals surface area contributed by atoms with Crippen LogP contribution in [0.5, 0.6) is 11.5 Å². The lowest BCUT2D eigenvalue weighted by molar-refractivity contribution is -0.146. The number of nitrogens with one attached hydrogen (secondary N) is 2. The minimum absolute atomic E-state index is 0.0905. The van der Waals surface area contributed by atoms with Gasteiger partial charge in [-0.05, 0) is 94.4 Å². The van der Waals surface area contributed by atoms with Crippen molar-refractivity contribution in [2.75, 3.05) is 27.4 Å². The van der Waals surface area contributed by atoms with E-state index in [-0.39, 0.29) is 37.4 Å². The number of esters is 1. The summed E-state index contributed by atoms with van der Waals surface area (Å²) in [6, 6.07) is 6.32. The van der Waals surface area contributed by atoms with Gasteiger partial charge in [0.25, 0.3) is 5.91 Å². The normalized spacial score (nSPS) is 20.9. The van der Waals surface area contributed by atoms with Gasteiger partial charge in [0.05, 0.1) is 32.2 Å². The Morgan fingerprint density at radius 2 is 1.79 bits per heavy atom. The Morgan fingerprint density at radius 3 is 2.40 bits per heavy atom. The molecule has 2 aromatic rings. The average molecular weight is 770 g/mol. The zero-order chi connectivity index (χ0) is 38.4. The van der Waals surface area contributed by atoms with Crippen molar-refractivity contribution >= 4 is 58.3 Å². The lowest BCUT2D eigenvalue weighted by Crippen LogP contribution is -2.49. The number of furan rings is 1. The van der Waals surface area contributed by atoms with Crippen molar-refractivity contribution in [1.29, 1.82) is 0 Å². The third-order valence-corrected chi connectivity index (χ3v) is 10.8. The molecule has 4 atom stereocenters. The molecule has 1 aromatic carbocycles. The van der Waals surface area contributed by atoms with Crippen LogP contribution in [0.4, 0.5) is 4.79 Å². The number of nitrogens with zero attached hydrogens (tertiary/aromatic N) is 1. The number of hydrogen-bond acceptors (Lipinski definition) is 11. The maximum atomic E-state index is 13.8. The highest BCUT2D eigenvalue weighted by Gasteiger charge is 2.48. The van der Waals surface area contributed by atoms with E-state index >= 15 is 0 Å². The molecule has 14 heteroatoms. The van der Waals surface area contributed by atoms with Crippen molar-refractivity contribution in [3.63, 3.8) is 0 Å². The number of rotatable bonds is 15. The fourth-order valence-electron chi connectivity index (χ4n) is 7.02. The van der Waals surface area contributed by atoms with E-state index in [0.717, 1.165) is 30.4 Å². The number of hydrogen-bond donors (Lipinski definition) is 2. The minimum Gasteiger partial charge on any atom is -0.497 e. The fourth-order valence-corrected chi connectivity index (χ4v) is 8.37. The molecule has 288 valence electrons. The van der Waals surface area contributed by atoms with Crippen LogP contribution < -0.4 is 20.1 Å². The predicted molar refractivity (Wildman–Crippen MR) is 206 cm³/mol. The first-order valence-electron chi connectivity index (χ1n) is 18.2. The standard InChI is InChI=1S/C39H51N3O9S2/c1-22(2)21-49-34(43)19-29(41-37(46)51-39(3,4)5)35(44)40-12-8-9-25-17-31(26-15-27(47-6)18-28(16-26)48-7)50-32(25)20-33-36(45)42(38(52)53-33)30-14-23-10-11-24(30)13-23/h15-18,20,22-24,29-30H,8-14,19,21H2,1-7H3,(H,40,44)(H,41,46)/b33-20-/t23?,24?,29-,30?/m1/s1. The van der Waals surface area contributed by atoms with Crippen LogP contribution in [0.2, 0.25) is 0 Å². The third kappa shape index (κ3) is 10.6. The first kappa shape index (κ1) is 40.2. The fraction of sp³-hybridized carbons (Fsp3) is 0.564. The molecule has 0 spiro atoms. The van der Waals surface area contributed by atoms with Crippen molar-refractivity contribution in [3.8, 4) is 22.8 Å². The Balaban J connectivity index is 1.32. The lowest BCUT2D eigenvalue weighted by Gasteiger charge is -2.30. The molecule has 2 saturated carbocycles. The van der Waals surface area contributed by atoms with E-state index in [4.69, 9.17) is 35.6 Å². The van der Waals surface area contributed by atoms with Gasteiger partial charge in [0.15, 0.2) is 0 Å². The summed E-state index contributed by atoms with van der Waals surface area (Å²) in [5, 5.41) is 5.35. The minimum atomic E-state index is -1.19. The third-order valence-electron chi connectivity index (χ3n) is 9.47. The average Bonchev–Trinajstić information content (AvgIpc) is 3.88. The summed E-state index contributed by atoms with van der Waals surface area (Å²) in [7, 11) is 3.15. The van der Waals surface area contributed by atoms with Crippen LogP contribution in [-0.4, -0.2) is 78.2 Å². The number of benzene rings is 1. The molecule has 53 heavy (non-hydrogen) atoms. The van der Waals surface area contributed by atoms with Gasteiger partial charge in [0, 0.05) is 30.3 Å². The maximum Gasteiger partial charge on any atom is 0.408 e. The number of thioether (sulfide) groups is 1. The number of carbonyl (C=O) groups is 4. The molecule has 3 unspecified atom stereocenters. The van der Waals surface area contributed by atoms with Crippen LogP contribution in [0.1, 0.15) is 84.5 Å². The summed E-state index contributed by atoms with van der Waals surface area (Å²) in [5.41, 5.74) is 0.753. The van der Waals surface area contributed by atoms with Crippen molar-refractivity contribution in [2.24, 2.45) is 17.8 Å². The van der Waals surface area contributed by atoms with Crippen LogP contribution in [0.25, 0.3) is 17.4 Å². The number of methoxy groups -OCH3 is 2. The van der Waals surface area contributed by atoms with Gasteiger partial charge >= 0.3 is 12.1 Å². The van der Waals surface area contributed by atoms with Crippen LogP contribution in [0, 0.1) is 17.8 Å². The number of thiocarbonyl (C=S) groups is 1. The van der Waals surface area contributed by atoms with Gasteiger partial charge in [-0.3, -0.25) is 19.3 Å². The maximum absolute atomic E-state index is 13.8. The van der Waals surface area contributed by atoms with Gasteiger partial charge in [0.2, 0.25) is 5.91 Å². The molecule has 3 amide bonds. The molecule has 5 rings (SSSR count). The van der Waals surface area contributed by atoms with Crippen LogP contribution >= 0.6 is 24.0 Å². The first-order chi connectivity index (χ1) is 25.1. The SMILES string of the molecule is COc1cc(OC)cc(-c2cc(CCCNC(=O)[C@@H](CC(=O)OCC(C)C)NC(=O)OC(C)(C)C)c(/C=C3\SC(=S)N(C4CC5CCC4C5)C3=O)o2)c1. The smallest absolute Gasteiger partial charge is 0.408 e. The van der Waals surface area contributed by atoms with E-state index < -0.39 is 29.6 Å². The highest BCUT2D eigenvalue weighted by molar-refractivity contribution is 8.26. The largest absolute Gasteiger partial charge is 0.497 e. The van der Waals surface area contributed by atoms with Crippen molar-refractivity contribution in [2.45, 2.75) is 97.2 Å². The summed E-state index contributed by atoms with van der Waals surface area (Å²) >= 11 is 7.03. The Bertz CT molecular complexity index is 1710. The van der Waals surface area contributed by atoms with E-state index in [0.29, 0.717) is 56.9 Å². The van der Waals surface area contributed by atoms with Crippen molar-refractivity contribution in [3.05, 3.63) is 40.5 Å². The van der Waals surface area contributed by atoms with Crippen molar-refractivity contribution < 1.29 is 42.5 Å². The highest BCUT2D eigenvalue weighted by atomic mass is 32.2. The van der Waals surface area contributed by atoms with Gasteiger partial charge in [0.1, 0.15) is 39.0 Å². The van der Waals surface area contributed by atoms with Gasteiger partial charge in [-0.25, -0.2) is 4.79 Å². The quantitative estimate of drug-likeness (QED) is 0.0846. The number of carbonyl (C=O) groups excluding carboxylic acids is 4. The van der Waals surface area contributed by atoms with Gasteiger partial charge in [-0.15, -0.1) is 0 Å². The zero-order valence-electron chi connectivity index (χ0n) is 31.6. The number of alkyl carbamates (subject to hydrolysis) is 1. The van der Waals surface area contributed by atoms with E-state index in [1.807, 2.05) is 36.9 Å². The van der Waals surface area contributed by atoms with Gasteiger partial charge < -0.3 is 34.0 Å². The lowest BCUT2D eigenvalue weighted by atomic mass is 9.94. The molecule has 2 heterocycles.